The fourth-order valence-corrected chi connectivity index (χ4v) is 2.80. The second-order valence-corrected chi connectivity index (χ2v) is 6.16. The maximum Gasteiger partial charge on any atom is 0.433 e. The Balaban J connectivity index is 2.00. The number of benzene rings is 1. The van der Waals surface area contributed by atoms with Crippen LogP contribution < -0.4 is 5.32 Å². The molecule has 1 amide bonds. The Kier molecular flexibility index (Phi) is 4.62. The molecular formula is C17H14ClF3N4O. The molecule has 0 fully saturated rings. The molecule has 0 saturated heterocycles. The van der Waals surface area contributed by atoms with Crippen LogP contribution in [0.15, 0.2) is 36.4 Å². The number of hydrogen-bond acceptors (Lipinski definition) is 3. The zero-order valence-electron chi connectivity index (χ0n) is 13.8. The van der Waals surface area contributed by atoms with Gasteiger partial charge in [0.2, 0.25) is 0 Å². The minimum atomic E-state index is -4.66. The SMILES string of the molecule is Cc1cc(C(F)(F)F)n2nc(C(=O)NC(C)c3ccccc3)c(Cl)c2n1. The van der Waals surface area contributed by atoms with Gasteiger partial charge in [-0.05, 0) is 25.5 Å². The number of fused-ring (bicyclic) bond motifs is 1. The predicted molar refractivity (Wildman–Crippen MR) is 90.1 cm³/mol. The number of nitrogens with zero attached hydrogens (tertiary/aromatic N) is 3. The minimum absolute atomic E-state index is 0.122. The summed E-state index contributed by atoms with van der Waals surface area (Å²) in [6.07, 6.45) is -4.66. The van der Waals surface area contributed by atoms with Crippen LogP contribution in [0.2, 0.25) is 5.02 Å². The van der Waals surface area contributed by atoms with Crippen molar-refractivity contribution < 1.29 is 18.0 Å². The van der Waals surface area contributed by atoms with E-state index < -0.39 is 17.8 Å². The molecule has 0 spiro atoms. The number of rotatable bonds is 3. The third kappa shape index (κ3) is 3.37. The molecule has 3 rings (SSSR count). The highest BCUT2D eigenvalue weighted by atomic mass is 35.5. The molecular weight excluding hydrogens is 369 g/mol. The number of amides is 1. The van der Waals surface area contributed by atoms with Gasteiger partial charge in [0.05, 0.1) is 6.04 Å². The number of nitrogens with one attached hydrogen (secondary N) is 1. The molecule has 1 unspecified atom stereocenters. The first-order chi connectivity index (χ1) is 12.2. The molecule has 5 nitrogen and oxygen atoms in total. The van der Waals surface area contributed by atoms with Crippen LogP contribution in [-0.2, 0) is 6.18 Å². The van der Waals surface area contributed by atoms with E-state index in [1.165, 1.54) is 6.92 Å². The summed E-state index contributed by atoms with van der Waals surface area (Å²) >= 11 is 6.10. The topological polar surface area (TPSA) is 59.3 Å². The van der Waals surface area contributed by atoms with Crippen LogP contribution in [0.4, 0.5) is 13.2 Å². The molecule has 0 aliphatic heterocycles. The molecule has 26 heavy (non-hydrogen) atoms. The van der Waals surface area contributed by atoms with Gasteiger partial charge in [-0.25, -0.2) is 9.50 Å². The van der Waals surface area contributed by atoms with Crippen molar-refractivity contribution in [2.24, 2.45) is 0 Å². The second kappa shape index (κ2) is 6.60. The number of aryl methyl sites for hydroxylation is 1. The first-order valence-electron chi connectivity index (χ1n) is 7.67. The van der Waals surface area contributed by atoms with Crippen LogP contribution in [0.5, 0.6) is 0 Å². The van der Waals surface area contributed by atoms with Crippen LogP contribution in [0.1, 0.15) is 40.4 Å². The molecule has 9 heteroatoms. The first-order valence-corrected chi connectivity index (χ1v) is 8.05. The zero-order chi connectivity index (χ0) is 19.1. The van der Waals surface area contributed by atoms with E-state index in [4.69, 9.17) is 11.6 Å². The molecule has 1 atom stereocenters. The lowest BCUT2D eigenvalue weighted by molar-refractivity contribution is -0.142. The molecule has 1 aromatic carbocycles. The van der Waals surface area contributed by atoms with Gasteiger partial charge in [-0.15, -0.1) is 0 Å². The van der Waals surface area contributed by atoms with E-state index in [-0.39, 0.29) is 28.1 Å². The predicted octanol–water partition coefficient (Wildman–Crippen LogP) is 4.20. The number of halogens is 4. The van der Waals surface area contributed by atoms with Gasteiger partial charge in [0.25, 0.3) is 5.91 Å². The van der Waals surface area contributed by atoms with Gasteiger partial charge < -0.3 is 5.32 Å². The molecule has 0 aliphatic carbocycles. The Morgan fingerprint density at radius 2 is 1.92 bits per heavy atom. The van der Waals surface area contributed by atoms with Crippen molar-refractivity contribution in [3.05, 3.63) is 64.1 Å². The number of aromatic nitrogens is 3. The van der Waals surface area contributed by atoms with E-state index >= 15 is 0 Å². The van der Waals surface area contributed by atoms with Gasteiger partial charge in [0, 0.05) is 5.69 Å². The maximum atomic E-state index is 13.2. The third-order valence-corrected chi connectivity index (χ3v) is 4.16. The van der Waals surface area contributed by atoms with Gasteiger partial charge in [-0.3, -0.25) is 4.79 Å². The zero-order valence-corrected chi connectivity index (χ0v) is 14.6. The normalized spacial score (nSPS) is 13.0. The minimum Gasteiger partial charge on any atom is -0.344 e. The quantitative estimate of drug-likeness (QED) is 0.738. The molecule has 136 valence electrons. The van der Waals surface area contributed by atoms with Gasteiger partial charge in [-0.1, -0.05) is 41.9 Å². The van der Waals surface area contributed by atoms with Crippen molar-refractivity contribution in [1.29, 1.82) is 0 Å². The van der Waals surface area contributed by atoms with Crippen LogP contribution >= 0.6 is 11.6 Å². The number of carbonyl (C=O) groups excluding carboxylic acids is 1. The van der Waals surface area contributed by atoms with E-state index in [0.29, 0.717) is 4.52 Å². The standard InChI is InChI=1S/C17H14ClF3N4O/c1-9-8-12(17(19,20)21)25-15(22-9)13(18)14(24-25)16(26)23-10(2)11-6-4-3-5-7-11/h3-8,10H,1-2H3,(H,23,26). The molecule has 1 N–H and O–H groups in total. The van der Waals surface area contributed by atoms with E-state index in [1.54, 1.807) is 6.92 Å². The smallest absolute Gasteiger partial charge is 0.344 e. The summed E-state index contributed by atoms with van der Waals surface area (Å²) in [6, 6.07) is 9.59. The third-order valence-electron chi connectivity index (χ3n) is 3.81. The summed E-state index contributed by atoms with van der Waals surface area (Å²) in [6.45, 7) is 3.16. The Bertz CT molecular complexity index is 970. The summed E-state index contributed by atoms with van der Waals surface area (Å²) in [7, 11) is 0. The molecule has 0 saturated carbocycles. The van der Waals surface area contributed by atoms with E-state index in [0.717, 1.165) is 11.6 Å². The van der Waals surface area contributed by atoms with Crippen LogP contribution in [0, 0.1) is 6.92 Å². The van der Waals surface area contributed by atoms with Crippen molar-refractivity contribution in [3.63, 3.8) is 0 Å². The largest absolute Gasteiger partial charge is 0.433 e. The number of carbonyl (C=O) groups is 1. The second-order valence-electron chi connectivity index (χ2n) is 5.78. The van der Waals surface area contributed by atoms with Crippen LogP contribution in [0.25, 0.3) is 5.65 Å². The van der Waals surface area contributed by atoms with Gasteiger partial charge >= 0.3 is 6.18 Å². The van der Waals surface area contributed by atoms with Crippen LogP contribution in [-0.4, -0.2) is 20.5 Å². The van der Waals surface area contributed by atoms with Crippen molar-refractivity contribution in [2.45, 2.75) is 26.1 Å². The van der Waals surface area contributed by atoms with Crippen molar-refractivity contribution >= 4 is 23.2 Å². The molecule has 0 bridgehead atoms. The van der Waals surface area contributed by atoms with Gasteiger partial charge in [0.1, 0.15) is 10.7 Å². The molecule has 0 radical (unpaired) electrons. The van der Waals surface area contributed by atoms with Crippen LogP contribution in [0.3, 0.4) is 0 Å². The summed E-state index contributed by atoms with van der Waals surface area (Å²) in [5.74, 6) is -0.678. The maximum absolute atomic E-state index is 13.2. The number of alkyl halides is 3. The molecule has 3 aromatic rings. The summed E-state index contributed by atoms with van der Waals surface area (Å²) in [5.41, 5.74) is -0.603. The highest BCUT2D eigenvalue weighted by Gasteiger charge is 2.36. The Morgan fingerprint density at radius 1 is 1.27 bits per heavy atom. The molecule has 0 aliphatic rings. The lowest BCUT2D eigenvalue weighted by atomic mass is 10.1. The first kappa shape index (κ1) is 18.2. The van der Waals surface area contributed by atoms with E-state index in [1.807, 2.05) is 30.3 Å². The lowest BCUT2D eigenvalue weighted by Crippen LogP contribution is -2.27. The number of hydrogen-bond donors (Lipinski definition) is 1. The highest BCUT2D eigenvalue weighted by molar-refractivity contribution is 6.36. The lowest BCUT2D eigenvalue weighted by Gasteiger charge is -2.13. The fourth-order valence-electron chi connectivity index (χ4n) is 2.55. The van der Waals surface area contributed by atoms with Crippen molar-refractivity contribution in [2.75, 3.05) is 0 Å². The average molecular weight is 383 g/mol. The van der Waals surface area contributed by atoms with Gasteiger partial charge in [0.15, 0.2) is 11.3 Å². The highest BCUT2D eigenvalue weighted by Crippen LogP contribution is 2.32. The van der Waals surface area contributed by atoms with Crippen molar-refractivity contribution in [1.82, 2.24) is 19.9 Å². The fraction of sp³-hybridized carbons (Fsp3) is 0.235. The van der Waals surface area contributed by atoms with Crippen molar-refractivity contribution in [3.8, 4) is 0 Å². The molecule has 2 aromatic heterocycles. The monoisotopic (exact) mass is 382 g/mol. The summed E-state index contributed by atoms with van der Waals surface area (Å²) < 4.78 is 40.3. The molecule has 2 heterocycles. The van der Waals surface area contributed by atoms with E-state index in [9.17, 15) is 18.0 Å². The Labute approximate surface area is 151 Å². The Morgan fingerprint density at radius 3 is 2.54 bits per heavy atom. The van der Waals surface area contributed by atoms with Gasteiger partial charge in [-0.2, -0.15) is 18.3 Å². The summed E-state index contributed by atoms with van der Waals surface area (Å²) in [4.78, 5) is 16.5. The Hall–Kier alpha value is -2.61. The van der Waals surface area contributed by atoms with E-state index in [2.05, 4.69) is 15.4 Å². The summed E-state index contributed by atoms with van der Waals surface area (Å²) in [5, 5.41) is 6.21. The average Bonchev–Trinajstić information content (AvgIpc) is 2.91.